The lowest BCUT2D eigenvalue weighted by atomic mass is 10.1. The second kappa shape index (κ2) is 7.59. The van der Waals surface area contributed by atoms with E-state index < -0.39 is 6.10 Å². The van der Waals surface area contributed by atoms with Gasteiger partial charge in [-0.25, -0.2) is 0 Å². The van der Waals surface area contributed by atoms with Gasteiger partial charge in [-0.3, -0.25) is 4.68 Å². The zero-order valence-corrected chi connectivity index (χ0v) is 13.3. The predicted molar refractivity (Wildman–Crippen MR) is 85.5 cm³/mol. The smallest absolute Gasteiger partial charge is 0.0975 e. The fourth-order valence-corrected chi connectivity index (χ4v) is 2.53. The van der Waals surface area contributed by atoms with E-state index in [0.717, 1.165) is 25.2 Å². The van der Waals surface area contributed by atoms with Crippen molar-refractivity contribution >= 4 is 11.6 Å². The van der Waals surface area contributed by atoms with Crippen LogP contribution in [0.25, 0.3) is 0 Å². The first kappa shape index (κ1) is 16.0. The number of aliphatic hydroxyl groups excluding tert-OH is 1. The maximum Gasteiger partial charge on any atom is 0.0975 e. The summed E-state index contributed by atoms with van der Waals surface area (Å²) in [6.45, 7) is 1.58. The number of nitrogens with zero attached hydrogens (tertiary/aromatic N) is 3. The fraction of sp³-hybridized carbons (Fsp3) is 0.438. The topological polar surface area (TPSA) is 41.3 Å². The summed E-state index contributed by atoms with van der Waals surface area (Å²) in [6.07, 6.45) is 2.47. The van der Waals surface area contributed by atoms with Crippen molar-refractivity contribution in [3.8, 4) is 0 Å². The highest BCUT2D eigenvalue weighted by molar-refractivity contribution is 6.31. The van der Waals surface area contributed by atoms with E-state index in [0.29, 0.717) is 11.4 Å². The number of rotatable bonds is 7. The molecule has 0 aliphatic rings. The first-order chi connectivity index (χ1) is 10.1. The second-order valence-electron chi connectivity index (χ2n) is 5.44. The monoisotopic (exact) mass is 307 g/mol. The van der Waals surface area contributed by atoms with Gasteiger partial charge in [0.1, 0.15) is 0 Å². The average molecular weight is 308 g/mol. The van der Waals surface area contributed by atoms with Gasteiger partial charge in [0.05, 0.1) is 29.6 Å². The van der Waals surface area contributed by atoms with Gasteiger partial charge in [-0.15, -0.1) is 0 Å². The molecule has 1 aromatic carbocycles. The van der Waals surface area contributed by atoms with Gasteiger partial charge in [0.2, 0.25) is 0 Å². The Balaban J connectivity index is 2.01. The molecule has 21 heavy (non-hydrogen) atoms. The summed E-state index contributed by atoms with van der Waals surface area (Å²) in [5.41, 5.74) is 1.93. The normalized spacial score (nSPS) is 12.8. The lowest BCUT2D eigenvalue weighted by Crippen LogP contribution is -2.21. The van der Waals surface area contributed by atoms with E-state index in [1.807, 2.05) is 32.3 Å². The van der Waals surface area contributed by atoms with Gasteiger partial charge < -0.3 is 10.0 Å². The van der Waals surface area contributed by atoms with Gasteiger partial charge in [-0.2, -0.15) is 5.10 Å². The number of halogens is 1. The molecule has 0 aliphatic carbocycles. The molecule has 0 spiro atoms. The molecular formula is C16H22ClN3O. The number of likely N-dealkylation sites (N-methyl/N-ethyl adjacent to an activating group) is 1. The van der Waals surface area contributed by atoms with Crippen LogP contribution in [-0.2, 0) is 13.0 Å². The van der Waals surface area contributed by atoms with Crippen LogP contribution in [0.5, 0.6) is 0 Å². The Labute approximate surface area is 131 Å². The Morgan fingerprint density at radius 1 is 1.29 bits per heavy atom. The van der Waals surface area contributed by atoms with Gasteiger partial charge >= 0.3 is 0 Å². The Morgan fingerprint density at radius 2 is 2.00 bits per heavy atom. The highest BCUT2D eigenvalue weighted by atomic mass is 35.5. The van der Waals surface area contributed by atoms with Crippen LogP contribution in [0.2, 0.25) is 5.02 Å². The molecule has 0 saturated carbocycles. The third kappa shape index (κ3) is 4.56. The largest absolute Gasteiger partial charge is 0.387 e. The minimum Gasteiger partial charge on any atom is -0.387 e. The highest BCUT2D eigenvalue weighted by Crippen LogP contribution is 2.26. The van der Waals surface area contributed by atoms with Gasteiger partial charge in [0.15, 0.2) is 0 Å². The molecule has 1 heterocycles. The number of benzene rings is 1. The fourth-order valence-electron chi connectivity index (χ4n) is 2.26. The van der Waals surface area contributed by atoms with Gasteiger partial charge in [-0.05, 0) is 32.5 Å². The zero-order valence-electron chi connectivity index (χ0n) is 12.5. The van der Waals surface area contributed by atoms with Crippen molar-refractivity contribution in [2.75, 3.05) is 20.6 Å². The highest BCUT2D eigenvalue weighted by Gasteiger charge is 2.18. The average Bonchev–Trinajstić information content (AvgIpc) is 2.85. The number of aliphatic hydroxyl groups is 1. The van der Waals surface area contributed by atoms with E-state index in [1.165, 1.54) is 5.56 Å². The lowest BCUT2D eigenvalue weighted by molar-refractivity contribution is 0.155. The zero-order chi connectivity index (χ0) is 15.2. The van der Waals surface area contributed by atoms with Crippen LogP contribution in [0.4, 0.5) is 0 Å². The predicted octanol–water partition coefficient (Wildman–Crippen LogP) is 2.76. The van der Waals surface area contributed by atoms with Gasteiger partial charge in [-0.1, -0.05) is 41.9 Å². The molecule has 1 atom stereocenters. The third-order valence-corrected chi connectivity index (χ3v) is 3.75. The van der Waals surface area contributed by atoms with Crippen LogP contribution in [0.15, 0.2) is 36.5 Å². The summed E-state index contributed by atoms with van der Waals surface area (Å²) in [5.74, 6) is 0. The van der Waals surface area contributed by atoms with E-state index in [2.05, 4.69) is 22.1 Å². The SMILES string of the molecule is CN(C)CCn1ncc(Cl)c1C(O)CCc1ccccc1. The molecule has 2 aromatic rings. The first-order valence-corrected chi connectivity index (χ1v) is 7.53. The van der Waals surface area contributed by atoms with E-state index in [4.69, 9.17) is 11.6 Å². The van der Waals surface area contributed by atoms with E-state index >= 15 is 0 Å². The molecular weight excluding hydrogens is 286 g/mol. The molecule has 0 fully saturated rings. The molecule has 0 bridgehead atoms. The molecule has 1 N–H and O–H groups in total. The van der Waals surface area contributed by atoms with Gasteiger partial charge in [0.25, 0.3) is 0 Å². The molecule has 4 nitrogen and oxygen atoms in total. The minimum atomic E-state index is -0.595. The Kier molecular flexibility index (Phi) is 5.79. The van der Waals surface area contributed by atoms with Crippen LogP contribution in [0.1, 0.15) is 23.8 Å². The number of hydrogen-bond acceptors (Lipinski definition) is 3. The van der Waals surface area contributed by atoms with E-state index in [1.54, 1.807) is 10.9 Å². The molecule has 0 amide bonds. The van der Waals surface area contributed by atoms with Crippen LogP contribution in [-0.4, -0.2) is 40.4 Å². The number of hydrogen-bond donors (Lipinski definition) is 1. The van der Waals surface area contributed by atoms with E-state index in [-0.39, 0.29) is 0 Å². The van der Waals surface area contributed by atoms with Crippen molar-refractivity contribution in [2.24, 2.45) is 0 Å². The van der Waals surface area contributed by atoms with Crippen molar-refractivity contribution in [3.05, 3.63) is 52.8 Å². The Hall–Kier alpha value is -1.36. The minimum absolute atomic E-state index is 0.536. The summed E-state index contributed by atoms with van der Waals surface area (Å²) >= 11 is 6.18. The lowest BCUT2D eigenvalue weighted by Gasteiger charge is -2.16. The quantitative estimate of drug-likeness (QED) is 0.855. The second-order valence-corrected chi connectivity index (χ2v) is 5.85. The summed E-state index contributed by atoms with van der Waals surface area (Å²) in [5, 5.41) is 15.2. The standard InChI is InChI=1S/C16H22ClN3O/c1-19(2)10-11-20-16(14(17)12-18-20)15(21)9-8-13-6-4-3-5-7-13/h3-7,12,15,21H,8-11H2,1-2H3. The molecule has 114 valence electrons. The van der Waals surface area contributed by atoms with Crippen LogP contribution in [0, 0.1) is 0 Å². The molecule has 1 aromatic heterocycles. The maximum atomic E-state index is 10.4. The van der Waals surface area contributed by atoms with Crippen molar-refractivity contribution in [1.29, 1.82) is 0 Å². The first-order valence-electron chi connectivity index (χ1n) is 7.16. The van der Waals surface area contributed by atoms with Crippen molar-refractivity contribution < 1.29 is 5.11 Å². The summed E-state index contributed by atoms with van der Waals surface area (Å²) < 4.78 is 1.80. The maximum absolute atomic E-state index is 10.4. The number of aromatic nitrogens is 2. The Morgan fingerprint density at radius 3 is 2.67 bits per heavy atom. The summed E-state index contributed by atoms with van der Waals surface area (Å²) in [4.78, 5) is 2.08. The third-order valence-electron chi connectivity index (χ3n) is 3.46. The molecule has 1 unspecified atom stereocenters. The van der Waals surface area contributed by atoms with Crippen LogP contribution in [0.3, 0.4) is 0 Å². The summed E-state index contributed by atoms with van der Waals surface area (Å²) in [6, 6.07) is 10.1. The van der Waals surface area contributed by atoms with Crippen molar-refractivity contribution in [2.45, 2.75) is 25.5 Å². The van der Waals surface area contributed by atoms with Crippen molar-refractivity contribution in [3.63, 3.8) is 0 Å². The molecule has 0 aliphatic heterocycles. The Bertz CT molecular complexity index is 554. The van der Waals surface area contributed by atoms with Crippen LogP contribution >= 0.6 is 11.6 Å². The van der Waals surface area contributed by atoms with Crippen molar-refractivity contribution in [1.82, 2.24) is 14.7 Å². The molecule has 2 rings (SSSR count). The molecule has 0 radical (unpaired) electrons. The number of aryl methyl sites for hydroxylation is 1. The van der Waals surface area contributed by atoms with E-state index in [9.17, 15) is 5.11 Å². The molecule has 5 heteroatoms. The van der Waals surface area contributed by atoms with Gasteiger partial charge in [0, 0.05) is 6.54 Å². The van der Waals surface area contributed by atoms with Crippen LogP contribution < -0.4 is 0 Å². The summed E-state index contributed by atoms with van der Waals surface area (Å²) in [7, 11) is 4.02. The molecule has 0 saturated heterocycles.